The third kappa shape index (κ3) is 2.99. The van der Waals surface area contributed by atoms with E-state index in [4.69, 9.17) is 15.2 Å². The first-order valence-electron chi connectivity index (χ1n) is 6.75. The Morgan fingerprint density at radius 2 is 2.29 bits per heavy atom. The molecule has 2 aliphatic heterocycles. The van der Waals surface area contributed by atoms with Crippen molar-refractivity contribution < 1.29 is 9.47 Å². The normalized spacial score (nSPS) is 37.2. The molecule has 3 N–H and O–H groups in total. The van der Waals surface area contributed by atoms with Crippen molar-refractivity contribution in [2.45, 2.75) is 44.2 Å². The van der Waals surface area contributed by atoms with Gasteiger partial charge in [-0.2, -0.15) is 0 Å². The standard InChI is InChI=1S/C13H26N2O2/c1-12(5-3-6-17-12)10-15-13(2,9-14)11-4-7-16-8-11/h11,15H,3-10,14H2,1-2H3. The molecule has 0 radical (unpaired) electrons. The Kier molecular flexibility index (Phi) is 4.08. The minimum Gasteiger partial charge on any atom is -0.381 e. The highest BCUT2D eigenvalue weighted by Crippen LogP contribution is 2.28. The van der Waals surface area contributed by atoms with E-state index < -0.39 is 0 Å². The molecule has 4 nitrogen and oxygen atoms in total. The van der Waals surface area contributed by atoms with E-state index in [0.29, 0.717) is 12.5 Å². The van der Waals surface area contributed by atoms with Gasteiger partial charge >= 0.3 is 0 Å². The highest BCUT2D eigenvalue weighted by molar-refractivity contribution is 4.96. The van der Waals surface area contributed by atoms with Gasteiger partial charge in [-0.1, -0.05) is 0 Å². The highest BCUT2D eigenvalue weighted by Gasteiger charge is 2.38. The first kappa shape index (κ1) is 13.3. The second kappa shape index (κ2) is 5.22. The summed E-state index contributed by atoms with van der Waals surface area (Å²) in [4.78, 5) is 0. The molecule has 2 rings (SSSR count). The van der Waals surface area contributed by atoms with Crippen LogP contribution in [0.5, 0.6) is 0 Å². The minimum atomic E-state index is -0.0224. The molecule has 0 aromatic heterocycles. The highest BCUT2D eigenvalue weighted by atomic mass is 16.5. The molecule has 0 aromatic rings. The van der Waals surface area contributed by atoms with E-state index in [9.17, 15) is 0 Å². The van der Waals surface area contributed by atoms with Gasteiger partial charge in [0, 0.05) is 37.8 Å². The van der Waals surface area contributed by atoms with Gasteiger partial charge in [0.05, 0.1) is 12.2 Å². The van der Waals surface area contributed by atoms with E-state index in [-0.39, 0.29) is 11.1 Å². The summed E-state index contributed by atoms with van der Waals surface area (Å²) in [5.41, 5.74) is 5.93. The van der Waals surface area contributed by atoms with Crippen LogP contribution in [0.15, 0.2) is 0 Å². The van der Waals surface area contributed by atoms with E-state index in [1.165, 1.54) is 6.42 Å². The van der Waals surface area contributed by atoms with Gasteiger partial charge in [0.15, 0.2) is 0 Å². The van der Waals surface area contributed by atoms with Crippen molar-refractivity contribution in [3.63, 3.8) is 0 Å². The lowest BCUT2D eigenvalue weighted by Gasteiger charge is -2.38. The quantitative estimate of drug-likeness (QED) is 0.752. The van der Waals surface area contributed by atoms with Gasteiger partial charge in [-0.25, -0.2) is 0 Å². The van der Waals surface area contributed by atoms with Crippen molar-refractivity contribution in [3.05, 3.63) is 0 Å². The average Bonchev–Trinajstić information content (AvgIpc) is 2.98. The zero-order chi connectivity index (χ0) is 12.4. The van der Waals surface area contributed by atoms with Crippen molar-refractivity contribution >= 4 is 0 Å². The van der Waals surface area contributed by atoms with Crippen LogP contribution in [0.1, 0.15) is 33.1 Å². The van der Waals surface area contributed by atoms with E-state index in [1.807, 2.05) is 0 Å². The van der Waals surface area contributed by atoms with Crippen LogP contribution in [0.2, 0.25) is 0 Å². The molecular formula is C13H26N2O2. The minimum absolute atomic E-state index is 0.00408. The lowest BCUT2D eigenvalue weighted by molar-refractivity contribution is 0.0112. The Balaban J connectivity index is 1.89. The van der Waals surface area contributed by atoms with Crippen molar-refractivity contribution in [1.82, 2.24) is 5.32 Å². The molecule has 0 bridgehead atoms. The Bertz CT molecular complexity index is 248. The van der Waals surface area contributed by atoms with Gasteiger partial charge in [0.1, 0.15) is 0 Å². The number of nitrogens with one attached hydrogen (secondary N) is 1. The zero-order valence-corrected chi connectivity index (χ0v) is 11.1. The van der Waals surface area contributed by atoms with Crippen LogP contribution in [0, 0.1) is 5.92 Å². The average molecular weight is 242 g/mol. The molecule has 2 heterocycles. The Morgan fingerprint density at radius 3 is 2.82 bits per heavy atom. The topological polar surface area (TPSA) is 56.5 Å². The van der Waals surface area contributed by atoms with E-state index in [2.05, 4.69) is 19.2 Å². The Hall–Kier alpha value is -0.160. The molecule has 0 saturated carbocycles. The van der Waals surface area contributed by atoms with E-state index in [1.54, 1.807) is 0 Å². The molecule has 3 atom stereocenters. The number of hydrogen-bond donors (Lipinski definition) is 2. The summed E-state index contributed by atoms with van der Waals surface area (Å²) in [6.07, 6.45) is 3.42. The summed E-state index contributed by atoms with van der Waals surface area (Å²) in [6, 6.07) is 0. The second-order valence-corrected chi connectivity index (χ2v) is 5.94. The van der Waals surface area contributed by atoms with Gasteiger partial charge in [-0.05, 0) is 33.1 Å². The summed E-state index contributed by atoms with van der Waals surface area (Å²) >= 11 is 0. The third-order valence-corrected chi connectivity index (χ3v) is 4.42. The van der Waals surface area contributed by atoms with Gasteiger partial charge in [0.25, 0.3) is 0 Å². The first-order chi connectivity index (χ1) is 8.08. The Labute approximate surface area is 104 Å². The lowest BCUT2D eigenvalue weighted by Crippen LogP contribution is -2.58. The van der Waals surface area contributed by atoms with Crippen LogP contribution in [-0.4, -0.2) is 44.1 Å². The summed E-state index contributed by atoms with van der Waals surface area (Å²) in [6.45, 7) is 8.53. The maximum absolute atomic E-state index is 5.96. The molecular weight excluding hydrogens is 216 g/mol. The first-order valence-corrected chi connectivity index (χ1v) is 6.75. The Morgan fingerprint density at radius 1 is 1.47 bits per heavy atom. The van der Waals surface area contributed by atoms with Crippen LogP contribution < -0.4 is 11.1 Å². The molecule has 100 valence electrons. The number of hydrogen-bond acceptors (Lipinski definition) is 4. The smallest absolute Gasteiger partial charge is 0.0779 e. The largest absolute Gasteiger partial charge is 0.381 e. The predicted octanol–water partition coefficient (Wildman–Crippen LogP) is 0.899. The molecule has 17 heavy (non-hydrogen) atoms. The number of rotatable bonds is 5. The molecule has 0 aromatic carbocycles. The molecule has 2 aliphatic rings. The van der Waals surface area contributed by atoms with E-state index in [0.717, 1.165) is 39.2 Å². The van der Waals surface area contributed by atoms with Crippen LogP contribution >= 0.6 is 0 Å². The molecule has 0 aliphatic carbocycles. The number of nitrogens with two attached hydrogens (primary N) is 1. The fourth-order valence-electron chi connectivity index (χ4n) is 2.79. The maximum Gasteiger partial charge on any atom is 0.0779 e. The van der Waals surface area contributed by atoms with Crippen molar-refractivity contribution in [2.75, 3.05) is 32.9 Å². The molecule has 4 heteroatoms. The van der Waals surface area contributed by atoms with Crippen LogP contribution in [0.25, 0.3) is 0 Å². The van der Waals surface area contributed by atoms with Crippen molar-refractivity contribution in [2.24, 2.45) is 11.7 Å². The molecule has 2 fully saturated rings. The monoisotopic (exact) mass is 242 g/mol. The number of ether oxygens (including phenoxy) is 2. The molecule has 0 amide bonds. The van der Waals surface area contributed by atoms with E-state index >= 15 is 0 Å². The molecule has 2 saturated heterocycles. The van der Waals surface area contributed by atoms with Gasteiger partial charge in [-0.15, -0.1) is 0 Å². The van der Waals surface area contributed by atoms with Gasteiger partial charge in [-0.3, -0.25) is 0 Å². The fourth-order valence-corrected chi connectivity index (χ4v) is 2.79. The second-order valence-electron chi connectivity index (χ2n) is 5.94. The van der Waals surface area contributed by atoms with Crippen LogP contribution in [0.4, 0.5) is 0 Å². The summed E-state index contributed by atoms with van der Waals surface area (Å²) in [5, 5.41) is 3.64. The van der Waals surface area contributed by atoms with Crippen LogP contribution in [-0.2, 0) is 9.47 Å². The zero-order valence-electron chi connectivity index (χ0n) is 11.1. The van der Waals surface area contributed by atoms with Crippen molar-refractivity contribution in [3.8, 4) is 0 Å². The summed E-state index contributed by atoms with van der Waals surface area (Å²) < 4.78 is 11.3. The van der Waals surface area contributed by atoms with Gasteiger partial charge in [0.2, 0.25) is 0 Å². The van der Waals surface area contributed by atoms with Gasteiger partial charge < -0.3 is 20.5 Å². The summed E-state index contributed by atoms with van der Waals surface area (Å²) in [7, 11) is 0. The molecule has 0 spiro atoms. The maximum atomic E-state index is 5.96. The lowest BCUT2D eigenvalue weighted by atomic mass is 9.84. The SMILES string of the molecule is CC1(CNC(C)(CN)C2CCOC2)CCCO1. The third-order valence-electron chi connectivity index (χ3n) is 4.42. The van der Waals surface area contributed by atoms with Crippen molar-refractivity contribution in [1.29, 1.82) is 0 Å². The van der Waals surface area contributed by atoms with Crippen LogP contribution in [0.3, 0.4) is 0 Å². The molecule has 3 unspecified atom stereocenters. The fraction of sp³-hybridized carbons (Fsp3) is 1.00. The summed E-state index contributed by atoms with van der Waals surface area (Å²) in [5.74, 6) is 0.525. The predicted molar refractivity (Wildman–Crippen MR) is 68.0 cm³/mol.